The Morgan fingerprint density at radius 2 is 1.90 bits per heavy atom. The van der Waals surface area contributed by atoms with Crippen molar-refractivity contribution in [2.24, 2.45) is 0 Å². The molecular weight excluding hydrogens is 273 g/mol. The molecule has 2 rings (SSSR count). The number of carbonyl (C=O) groups is 2. The zero-order valence-electron chi connectivity index (χ0n) is 12.4. The van der Waals surface area contributed by atoms with Gasteiger partial charge in [0.1, 0.15) is 11.6 Å². The van der Waals surface area contributed by atoms with Gasteiger partial charge in [-0.3, -0.25) is 9.59 Å². The predicted molar refractivity (Wildman–Crippen MR) is 76.9 cm³/mol. The fraction of sp³-hybridized carbons (Fsp3) is 0.500. The lowest BCUT2D eigenvalue weighted by Crippen LogP contribution is -2.43. The lowest BCUT2D eigenvalue weighted by Gasteiger charge is -2.29. The van der Waals surface area contributed by atoms with E-state index in [0.29, 0.717) is 0 Å². The molecule has 1 unspecified atom stereocenters. The summed E-state index contributed by atoms with van der Waals surface area (Å²) in [5.74, 6) is -0.782. The quantitative estimate of drug-likeness (QED) is 0.802. The van der Waals surface area contributed by atoms with Crippen LogP contribution in [0.4, 0.5) is 4.39 Å². The Morgan fingerprint density at radius 3 is 2.48 bits per heavy atom. The second-order valence-electron chi connectivity index (χ2n) is 5.34. The van der Waals surface area contributed by atoms with Crippen molar-refractivity contribution in [2.75, 3.05) is 13.1 Å². The van der Waals surface area contributed by atoms with Crippen LogP contribution >= 0.6 is 0 Å². The second-order valence-corrected chi connectivity index (χ2v) is 5.34. The molecule has 0 aliphatic carbocycles. The maximum Gasteiger partial charge on any atom is 0.263 e. The Kier molecular flexibility index (Phi) is 4.94. The first-order valence-corrected chi connectivity index (χ1v) is 7.25. The van der Waals surface area contributed by atoms with Crippen molar-refractivity contribution in [3.05, 3.63) is 29.6 Å². The molecule has 1 saturated heterocycles. The minimum atomic E-state index is -0.661. The molecule has 114 valence electrons. The van der Waals surface area contributed by atoms with Crippen LogP contribution < -0.4 is 4.74 Å². The van der Waals surface area contributed by atoms with E-state index in [0.717, 1.165) is 38.4 Å². The molecule has 4 nitrogen and oxygen atoms in total. The number of ether oxygens (including phenoxy) is 1. The Labute approximate surface area is 123 Å². The molecule has 0 spiro atoms. The predicted octanol–water partition coefficient (Wildman–Crippen LogP) is 2.81. The highest BCUT2D eigenvalue weighted by molar-refractivity contribution is 5.94. The van der Waals surface area contributed by atoms with E-state index in [9.17, 15) is 14.0 Å². The number of piperidine rings is 1. The standard InChI is InChI=1S/C16H20FNO3/c1-11(19)14-7-6-13(10-15(14)17)21-12(2)16(20)18-8-4-3-5-9-18/h6-7,10,12H,3-5,8-9H2,1-2H3. The van der Waals surface area contributed by atoms with Crippen molar-refractivity contribution in [2.45, 2.75) is 39.2 Å². The van der Waals surface area contributed by atoms with E-state index in [1.807, 2.05) is 0 Å². The van der Waals surface area contributed by atoms with Crippen LogP contribution in [0.25, 0.3) is 0 Å². The third kappa shape index (κ3) is 3.80. The second kappa shape index (κ2) is 6.70. The molecule has 1 fully saturated rings. The first kappa shape index (κ1) is 15.5. The largest absolute Gasteiger partial charge is 0.481 e. The normalized spacial score (nSPS) is 16.4. The summed E-state index contributed by atoms with van der Waals surface area (Å²) in [4.78, 5) is 25.2. The van der Waals surface area contributed by atoms with Crippen molar-refractivity contribution >= 4 is 11.7 Å². The van der Waals surface area contributed by atoms with Crippen molar-refractivity contribution < 1.29 is 18.7 Å². The van der Waals surface area contributed by atoms with Gasteiger partial charge >= 0.3 is 0 Å². The highest BCUT2D eigenvalue weighted by Crippen LogP contribution is 2.19. The molecule has 1 heterocycles. The fourth-order valence-corrected chi connectivity index (χ4v) is 2.48. The van der Waals surface area contributed by atoms with Gasteiger partial charge in [-0.15, -0.1) is 0 Å². The average Bonchev–Trinajstić information content (AvgIpc) is 2.47. The number of likely N-dealkylation sites (tertiary alicyclic amines) is 1. The molecular formula is C16H20FNO3. The first-order valence-electron chi connectivity index (χ1n) is 7.25. The van der Waals surface area contributed by atoms with E-state index in [2.05, 4.69) is 0 Å². The Balaban J connectivity index is 2.01. The SMILES string of the molecule is CC(=O)c1ccc(OC(C)C(=O)N2CCCCC2)cc1F. The zero-order valence-corrected chi connectivity index (χ0v) is 12.4. The van der Waals surface area contributed by atoms with Gasteiger partial charge < -0.3 is 9.64 Å². The van der Waals surface area contributed by atoms with Crippen molar-refractivity contribution in [3.63, 3.8) is 0 Å². The summed E-state index contributed by atoms with van der Waals surface area (Å²) in [5, 5.41) is 0. The minimum absolute atomic E-state index is 0.0253. The number of carbonyl (C=O) groups excluding carboxylic acids is 2. The summed E-state index contributed by atoms with van der Waals surface area (Å²) >= 11 is 0. The zero-order chi connectivity index (χ0) is 15.4. The molecule has 0 radical (unpaired) electrons. The third-order valence-corrected chi connectivity index (χ3v) is 3.65. The molecule has 1 aromatic rings. The Hall–Kier alpha value is -1.91. The minimum Gasteiger partial charge on any atom is -0.481 e. The summed E-state index contributed by atoms with van der Waals surface area (Å²) < 4.78 is 19.2. The van der Waals surface area contributed by atoms with Gasteiger partial charge in [-0.25, -0.2) is 4.39 Å². The monoisotopic (exact) mass is 293 g/mol. The van der Waals surface area contributed by atoms with Crippen molar-refractivity contribution in [1.82, 2.24) is 4.90 Å². The number of hydrogen-bond donors (Lipinski definition) is 0. The number of amides is 1. The van der Waals surface area contributed by atoms with Crippen LogP contribution in [0.1, 0.15) is 43.5 Å². The van der Waals surface area contributed by atoms with Crippen LogP contribution in [0.3, 0.4) is 0 Å². The lowest BCUT2D eigenvalue weighted by atomic mass is 10.1. The van der Waals surface area contributed by atoms with Gasteiger partial charge in [-0.1, -0.05) is 0 Å². The van der Waals surface area contributed by atoms with Crippen LogP contribution in [-0.2, 0) is 4.79 Å². The van der Waals surface area contributed by atoms with Gasteiger partial charge in [0.15, 0.2) is 11.9 Å². The topological polar surface area (TPSA) is 46.6 Å². The van der Waals surface area contributed by atoms with E-state index in [-0.39, 0.29) is 23.0 Å². The molecule has 21 heavy (non-hydrogen) atoms. The smallest absolute Gasteiger partial charge is 0.263 e. The third-order valence-electron chi connectivity index (χ3n) is 3.65. The van der Waals surface area contributed by atoms with Crippen molar-refractivity contribution in [1.29, 1.82) is 0 Å². The van der Waals surface area contributed by atoms with Crippen LogP contribution in [0.5, 0.6) is 5.75 Å². The average molecular weight is 293 g/mol. The number of hydrogen-bond acceptors (Lipinski definition) is 3. The Bertz CT molecular complexity index is 538. The van der Waals surface area contributed by atoms with E-state index in [1.54, 1.807) is 11.8 Å². The number of Topliss-reactive ketones (excluding diaryl/α,β-unsaturated/α-hetero) is 1. The summed E-state index contributed by atoms with van der Waals surface area (Å²) in [7, 11) is 0. The Morgan fingerprint density at radius 1 is 1.24 bits per heavy atom. The van der Waals surface area contributed by atoms with Crippen LogP contribution in [0.15, 0.2) is 18.2 Å². The summed E-state index contributed by atoms with van der Waals surface area (Å²) in [5.41, 5.74) is 0.0253. The summed E-state index contributed by atoms with van der Waals surface area (Å²) in [6.45, 7) is 4.48. The molecule has 1 atom stereocenters. The maximum absolute atomic E-state index is 13.7. The van der Waals surface area contributed by atoms with E-state index in [4.69, 9.17) is 4.74 Å². The van der Waals surface area contributed by atoms with Gasteiger partial charge in [0.2, 0.25) is 0 Å². The van der Waals surface area contributed by atoms with Gasteiger partial charge in [-0.2, -0.15) is 0 Å². The molecule has 0 aromatic heterocycles. The molecule has 1 aromatic carbocycles. The number of rotatable bonds is 4. The maximum atomic E-state index is 13.7. The van der Waals surface area contributed by atoms with Crippen molar-refractivity contribution in [3.8, 4) is 5.75 Å². The number of ketones is 1. The van der Waals surface area contributed by atoms with Crippen LogP contribution in [0, 0.1) is 5.82 Å². The van der Waals surface area contributed by atoms with Gasteiger partial charge in [0, 0.05) is 19.2 Å². The highest BCUT2D eigenvalue weighted by atomic mass is 19.1. The van der Waals surface area contributed by atoms with Gasteiger partial charge in [0.05, 0.1) is 5.56 Å². The summed E-state index contributed by atoms with van der Waals surface area (Å²) in [6, 6.07) is 4.04. The van der Waals surface area contributed by atoms with Gasteiger partial charge in [0.25, 0.3) is 5.91 Å². The molecule has 0 bridgehead atoms. The highest BCUT2D eigenvalue weighted by Gasteiger charge is 2.23. The molecule has 0 saturated carbocycles. The molecule has 1 amide bonds. The molecule has 1 aliphatic heterocycles. The fourth-order valence-electron chi connectivity index (χ4n) is 2.48. The number of halogens is 1. The van der Waals surface area contributed by atoms with Gasteiger partial charge in [-0.05, 0) is 45.2 Å². The lowest BCUT2D eigenvalue weighted by molar-refractivity contribution is -0.138. The first-order chi connectivity index (χ1) is 9.99. The summed E-state index contributed by atoms with van der Waals surface area (Å²) in [6.07, 6.45) is 2.52. The van der Waals surface area contributed by atoms with Crippen LogP contribution in [0.2, 0.25) is 0 Å². The van der Waals surface area contributed by atoms with E-state index in [1.165, 1.54) is 19.1 Å². The van der Waals surface area contributed by atoms with E-state index >= 15 is 0 Å². The molecule has 1 aliphatic rings. The molecule has 5 heteroatoms. The van der Waals surface area contributed by atoms with Crippen LogP contribution in [-0.4, -0.2) is 35.8 Å². The number of benzene rings is 1. The molecule has 0 N–H and O–H groups in total. The van der Waals surface area contributed by atoms with E-state index < -0.39 is 11.9 Å². The number of nitrogens with zero attached hydrogens (tertiary/aromatic N) is 1.